The average Bonchev–Trinajstić information content (AvgIpc) is 3.05. The normalized spacial score (nSPS) is 18.9. The molecule has 23 heavy (non-hydrogen) atoms. The van der Waals surface area contributed by atoms with E-state index in [-0.39, 0.29) is 18.2 Å². The van der Waals surface area contributed by atoms with Crippen LogP contribution >= 0.6 is 0 Å². The van der Waals surface area contributed by atoms with Crippen LogP contribution in [0.5, 0.6) is 0 Å². The molecule has 0 heterocycles. The summed E-state index contributed by atoms with van der Waals surface area (Å²) in [5, 5.41) is 22.7. The fourth-order valence-electron chi connectivity index (χ4n) is 2.94. The number of nitrogens with one attached hydrogen (secondary N) is 3. The number of rotatable bonds is 9. The first kappa shape index (κ1) is 19.3. The van der Waals surface area contributed by atoms with Crippen molar-refractivity contribution in [1.82, 2.24) is 10.6 Å². The first-order valence-electron chi connectivity index (χ1n) is 8.16. The van der Waals surface area contributed by atoms with E-state index >= 15 is 0 Å². The SMILES string of the molecule is CC[C@@H](C(=N)C(=O)[C@@H](NC(=O)[C@H](C)NC)C1CCCC1)C(=O)O. The van der Waals surface area contributed by atoms with Crippen molar-refractivity contribution in [3.8, 4) is 0 Å². The zero-order valence-corrected chi connectivity index (χ0v) is 14.0. The molecule has 0 spiro atoms. The van der Waals surface area contributed by atoms with Gasteiger partial charge in [0.2, 0.25) is 5.91 Å². The van der Waals surface area contributed by atoms with Crippen LogP contribution < -0.4 is 10.6 Å². The molecule has 7 nitrogen and oxygen atoms in total. The zero-order valence-electron chi connectivity index (χ0n) is 14.0. The van der Waals surface area contributed by atoms with E-state index in [1.165, 1.54) is 0 Å². The highest BCUT2D eigenvalue weighted by Gasteiger charge is 2.37. The van der Waals surface area contributed by atoms with Gasteiger partial charge in [-0.3, -0.25) is 14.4 Å². The second-order valence-corrected chi connectivity index (χ2v) is 6.12. The number of aliphatic carboxylic acids is 1. The van der Waals surface area contributed by atoms with E-state index < -0.39 is 35.5 Å². The predicted molar refractivity (Wildman–Crippen MR) is 86.6 cm³/mol. The number of carboxylic acids is 1. The minimum absolute atomic E-state index is 0.0258. The monoisotopic (exact) mass is 325 g/mol. The van der Waals surface area contributed by atoms with Crippen molar-refractivity contribution in [3.63, 3.8) is 0 Å². The number of likely N-dealkylation sites (N-methyl/N-ethyl adjacent to an activating group) is 1. The van der Waals surface area contributed by atoms with Gasteiger partial charge in [-0.25, -0.2) is 0 Å². The predicted octanol–water partition coefficient (Wildman–Crippen LogP) is 0.969. The Morgan fingerprint density at radius 1 is 1.26 bits per heavy atom. The average molecular weight is 325 g/mol. The molecule has 0 saturated heterocycles. The summed E-state index contributed by atoms with van der Waals surface area (Å²) in [6.07, 6.45) is 3.76. The fourth-order valence-corrected chi connectivity index (χ4v) is 2.94. The van der Waals surface area contributed by atoms with Crippen LogP contribution in [0.4, 0.5) is 0 Å². The van der Waals surface area contributed by atoms with Crippen LogP contribution in [0.1, 0.15) is 46.0 Å². The van der Waals surface area contributed by atoms with Crippen molar-refractivity contribution >= 4 is 23.4 Å². The lowest BCUT2D eigenvalue weighted by Crippen LogP contribution is -2.53. The van der Waals surface area contributed by atoms with Gasteiger partial charge >= 0.3 is 5.97 Å². The first-order chi connectivity index (χ1) is 10.8. The molecule has 0 aliphatic heterocycles. The molecule has 1 amide bonds. The van der Waals surface area contributed by atoms with Gasteiger partial charge in [-0.15, -0.1) is 0 Å². The highest BCUT2D eigenvalue weighted by molar-refractivity contribution is 6.44. The van der Waals surface area contributed by atoms with Crippen molar-refractivity contribution in [2.75, 3.05) is 7.05 Å². The summed E-state index contributed by atoms with van der Waals surface area (Å²) in [6, 6.07) is -1.26. The van der Waals surface area contributed by atoms with Crippen LogP contribution in [0, 0.1) is 17.2 Å². The number of carbonyl (C=O) groups excluding carboxylic acids is 2. The smallest absolute Gasteiger partial charge is 0.312 e. The van der Waals surface area contributed by atoms with Gasteiger partial charge in [0.15, 0.2) is 5.78 Å². The Hall–Kier alpha value is -1.76. The van der Waals surface area contributed by atoms with E-state index in [0.29, 0.717) is 0 Å². The molecule has 1 rings (SSSR count). The zero-order chi connectivity index (χ0) is 17.6. The molecule has 0 radical (unpaired) electrons. The van der Waals surface area contributed by atoms with Gasteiger partial charge in [0.05, 0.1) is 17.8 Å². The molecular weight excluding hydrogens is 298 g/mol. The molecule has 1 aliphatic rings. The van der Waals surface area contributed by atoms with Gasteiger partial charge < -0.3 is 21.1 Å². The van der Waals surface area contributed by atoms with Crippen LogP contribution in [-0.4, -0.2) is 47.6 Å². The van der Waals surface area contributed by atoms with Crippen LogP contribution in [0.15, 0.2) is 0 Å². The number of amides is 1. The van der Waals surface area contributed by atoms with Crippen molar-refractivity contribution < 1.29 is 19.5 Å². The topological polar surface area (TPSA) is 119 Å². The molecule has 4 N–H and O–H groups in total. The summed E-state index contributed by atoms with van der Waals surface area (Å²) in [6.45, 7) is 3.32. The highest BCUT2D eigenvalue weighted by atomic mass is 16.4. The van der Waals surface area contributed by atoms with E-state index in [4.69, 9.17) is 10.5 Å². The maximum atomic E-state index is 12.7. The number of carbonyl (C=O) groups is 3. The van der Waals surface area contributed by atoms with Crippen molar-refractivity contribution in [1.29, 1.82) is 5.41 Å². The standard InChI is InChI=1S/C16H27N3O4/c1-4-11(16(22)23)12(17)14(20)13(10-7-5-6-8-10)19-15(21)9(2)18-3/h9-11,13,17-18H,4-8H2,1-3H3,(H,19,21)(H,22,23)/t9-,11-,13-/m0/s1. The Labute approximate surface area is 136 Å². The largest absolute Gasteiger partial charge is 0.481 e. The van der Waals surface area contributed by atoms with Crippen molar-refractivity contribution in [3.05, 3.63) is 0 Å². The highest BCUT2D eigenvalue weighted by Crippen LogP contribution is 2.29. The summed E-state index contributed by atoms with van der Waals surface area (Å²) in [5.41, 5.74) is -0.422. The Balaban J connectivity index is 2.94. The Morgan fingerprint density at radius 2 is 1.83 bits per heavy atom. The molecular formula is C16H27N3O4. The summed E-state index contributed by atoms with van der Waals surface area (Å²) < 4.78 is 0. The lowest BCUT2D eigenvalue weighted by molar-refractivity contribution is -0.140. The van der Waals surface area contributed by atoms with E-state index in [0.717, 1.165) is 25.7 Å². The molecule has 7 heteroatoms. The third-order valence-corrected chi connectivity index (χ3v) is 4.60. The van der Waals surface area contributed by atoms with Crippen LogP contribution in [-0.2, 0) is 14.4 Å². The molecule has 0 aromatic heterocycles. The lowest BCUT2D eigenvalue weighted by atomic mass is 9.87. The van der Waals surface area contributed by atoms with Gasteiger partial charge in [0.1, 0.15) is 5.92 Å². The number of Topliss-reactive ketones (excluding diaryl/α,β-unsaturated/α-hetero) is 1. The maximum absolute atomic E-state index is 12.7. The van der Waals surface area contributed by atoms with Crippen molar-refractivity contribution in [2.45, 2.75) is 58.0 Å². The maximum Gasteiger partial charge on any atom is 0.312 e. The summed E-state index contributed by atoms with van der Waals surface area (Å²) in [4.78, 5) is 36.0. The van der Waals surface area contributed by atoms with E-state index in [9.17, 15) is 14.4 Å². The number of ketones is 1. The number of carboxylic acid groups (broad SMARTS) is 1. The second-order valence-electron chi connectivity index (χ2n) is 6.12. The third-order valence-electron chi connectivity index (χ3n) is 4.60. The van der Waals surface area contributed by atoms with Crippen LogP contribution in [0.3, 0.4) is 0 Å². The van der Waals surface area contributed by atoms with Gasteiger partial charge in [-0.2, -0.15) is 0 Å². The van der Waals surface area contributed by atoms with Crippen LogP contribution in [0.25, 0.3) is 0 Å². The molecule has 0 bridgehead atoms. The quantitative estimate of drug-likeness (QED) is 0.471. The minimum atomic E-state index is -1.18. The van der Waals surface area contributed by atoms with E-state index in [1.807, 2.05) is 0 Å². The van der Waals surface area contributed by atoms with E-state index in [2.05, 4.69) is 10.6 Å². The second kappa shape index (κ2) is 8.76. The molecule has 0 aromatic rings. The summed E-state index contributed by atoms with van der Waals surface area (Å²) >= 11 is 0. The summed E-state index contributed by atoms with van der Waals surface area (Å²) in [7, 11) is 1.65. The molecule has 0 unspecified atom stereocenters. The van der Waals surface area contributed by atoms with E-state index in [1.54, 1.807) is 20.9 Å². The molecule has 1 saturated carbocycles. The first-order valence-corrected chi connectivity index (χ1v) is 8.16. The van der Waals surface area contributed by atoms with Gasteiger partial charge in [-0.05, 0) is 39.2 Å². The van der Waals surface area contributed by atoms with Gasteiger partial charge in [0.25, 0.3) is 0 Å². The van der Waals surface area contributed by atoms with Gasteiger partial charge in [0, 0.05) is 0 Å². The Bertz CT molecular complexity index is 472. The minimum Gasteiger partial charge on any atom is -0.481 e. The number of hydrogen-bond donors (Lipinski definition) is 4. The third kappa shape index (κ3) is 4.86. The fraction of sp³-hybridized carbons (Fsp3) is 0.750. The van der Waals surface area contributed by atoms with Gasteiger partial charge in [-0.1, -0.05) is 19.8 Å². The van der Waals surface area contributed by atoms with Crippen molar-refractivity contribution in [2.24, 2.45) is 11.8 Å². The molecule has 130 valence electrons. The molecule has 1 fully saturated rings. The summed E-state index contributed by atoms with van der Waals surface area (Å²) in [5.74, 6) is -3.20. The lowest BCUT2D eigenvalue weighted by Gasteiger charge is -2.26. The molecule has 3 atom stereocenters. The number of hydrogen-bond acceptors (Lipinski definition) is 5. The molecule has 1 aliphatic carbocycles. The van der Waals surface area contributed by atoms with Crippen LogP contribution in [0.2, 0.25) is 0 Å². The molecule has 0 aromatic carbocycles. The Morgan fingerprint density at radius 3 is 2.26 bits per heavy atom. The Kier molecular flexibility index (Phi) is 7.35.